The number of hydrogen-bond acceptors (Lipinski definition) is 5. The summed E-state index contributed by atoms with van der Waals surface area (Å²) in [5, 5.41) is 16.6. The Kier molecular flexibility index (Phi) is 5.99. The summed E-state index contributed by atoms with van der Waals surface area (Å²) < 4.78 is 6.62. The molecule has 0 amide bonds. The predicted octanol–water partition coefficient (Wildman–Crippen LogP) is 0.918. The minimum Gasteiger partial charge on any atom is -0.476 e. The van der Waals surface area contributed by atoms with E-state index >= 15 is 0 Å². The van der Waals surface area contributed by atoms with Gasteiger partial charge in [0.25, 0.3) is 0 Å². The van der Waals surface area contributed by atoms with Crippen LogP contribution >= 0.6 is 11.8 Å². The van der Waals surface area contributed by atoms with Crippen molar-refractivity contribution in [1.29, 1.82) is 0 Å². The Morgan fingerprint density at radius 1 is 1.59 bits per heavy atom. The first-order valence-corrected chi connectivity index (χ1v) is 6.58. The second kappa shape index (κ2) is 7.29. The van der Waals surface area contributed by atoms with Gasteiger partial charge in [0.05, 0.1) is 18.8 Å². The summed E-state index contributed by atoms with van der Waals surface area (Å²) in [4.78, 5) is 11.0. The van der Waals surface area contributed by atoms with Gasteiger partial charge in [0.1, 0.15) is 0 Å². The average Bonchev–Trinajstić information content (AvgIpc) is 2.70. The van der Waals surface area contributed by atoms with Crippen LogP contribution in [0, 0.1) is 0 Å². The quantitative estimate of drug-likeness (QED) is 0.699. The molecule has 0 radical (unpaired) electrons. The summed E-state index contributed by atoms with van der Waals surface area (Å²) >= 11 is 1.79. The number of aromatic carboxylic acids is 1. The van der Waals surface area contributed by atoms with Gasteiger partial charge in [-0.1, -0.05) is 12.1 Å². The van der Waals surface area contributed by atoms with Gasteiger partial charge in [-0.25, -0.2) is 9.48 Å². The number of nitrogens with zero attached hydrogens (tertiary/aromatic N) is 3. The Hall–Kier alpha value is -1.08. The van der Waals surface area contributed by atoms with Crippen molar-refractivity contribution in [1.82, 2.24) is 15.0 Å². The fourth-order valence-corrected chi connectivity index (χ4v) is 2.01. The summed E-state index contributed by atoms with van der Waals surface area (Å²) in [5.41, 5.74) is 0.666. The molecule has 7 heteroatoms. The Labute approximate surface area is 104 Å². The van der Waals surface area contributed by atoms with E-state index in [-0.39, 0.29) is 5.69 Å². The van der Waals surface area contributed by atoms with Gasteiger partial charge in [-0.2, -0.15) is 11.8 Å². The number of methoxy groups -OCH3 is 1. The van der Waals surface area contributed by atoms with E-state index in [1.54, 1.807) is 23.6 Å². The molecule has 17 heavy (non-hydrogen) atoms. The molecule has 0 atom stereocenters. The van der Waals surface area contributed by atoms with Gasteiger partial charge in [-0.15, -0.1) is 5.10 Å². The number of carbonyl (C=O) groups is 1. The number of carboxylic acid groups (broad SMARTS) is 1. The van der Waals surface area contributed by atoms with Crippen molar-refractivity contribution in [2.24, 2.45) is 0 Å². The smallest absolute Gasteiger partial charge is 0.358 e. The van der Waals surface area contributed by atoms with Crippen molar-refractivity contribution in [3.63, 3.8) is 0 Å². The molecule has 1 aromatic heterocycles. The van der Waals surface area contributed by atoms with Crippen LogP contribution in [-0.4, -0.2) is 51.3 Å². The second-order valence-corrected chi connectivity index (χ2v) is 4.75. The standard InChI is InChI=1S/C10H17N3O3S/c1-3-17-7-5-13-8(4-6-16-2)9(10(14)15)11-12-13/h3-7H2,1-2H3,(H,14,15). The number of thioether (sulfide) groups is 1. The highest BCUT2D eigenvalue weighted by Crippen LogP contribution is 2.09. The molecule has 6 nitrogen and oxygen atoms in total. The molecular weight excluding hydrogens is 242 g/mol. The SMILES string of the molecule is CCSCCn1nnc(C(=O)O)c1CCOC. The first kappa shape index (κ1) is 14.0. The highest BCUT2D eigenvalue weighted by atomic mass is 32.2. The molecule has 0 spiro atoms. The average molecular weight is 259 g/mol. The van der Waals surface area contributed by atoms with Gasteiger partial charge in [-0.05, 0) is 5.75 Å². The van der Waals surface area contributed by atoms with E-state index < -0.39 is 5.97 Å². The van der Waals surface area contributed by atoms with Gasteiger partial charge in [0.15, 0.2) is 5.69 Å². The Bertz CT molecular complexity index is 368. The summed E-state index contributed by atoms with van der Waals surface area (Å²) in [6, 6.07) is 0. The lowest BCUT2D eigenvalue weighted by molar-refractivity contribution is 0.0688. The van der Waals surface area contributed by atoms with Crippen molar-refractivity contribution >= 4 is 17.7 Å². The minimum atomic E-state index is -1.04. The van der Waals surface area contributed by atoms with Crippen molar-refractivity contribution in [3.8, 4) is 0 Å². The maximum atomic E-state index is 11.0. The molecule has 0 saturated carbocycles. The molecular formula is C10H17N3O3S. The lowest BCUT2D eigenvalue weighted by Gasteiger charge is -2.05. The van der Waals surface area contributed by atoms with E-state index in [0.717, 1.165) is 11.5 Å². The molecule has 1 heterocycles. The molecule has 0 fully saturated rings. The molecule has 0 aliphatic heterocycles. The van der Waals surface area contributed by atoms with Crippen LogP contribution in [0.4, 0.5) is 0 Å². The highest BCUT2D eigenvalue weighted by molar-refractivity contribution is 7.99. The normalized spacial score (nSPS) is 10.7. The molecule has 0 saturated heterocycles. The first-order valence-electron chi connectivity index (χ1n) is 5.43. The predicted molar refractivity (Wildman–Crippen MR) is 65.6 cm³/mol. The largest absolute Gasteiger partial charge is 0.476 e. The maximum Gasteiger partial charge on any atom is 0.358 e. The summed E-state index contributed by atoms with van der Waals surface area (Å²) in [6.45, 7) is 3.23. The van der Waals surface area contributed by atoms with E-state index in [1.165, 1.54) is 0 Å². The maximum absolute atomic E-state index is 11.0. The van der Waals surface area contributed by atoms with Crippen LogP contribution in [0.3, 0.4) is 0 Å². The van der Waals surface area contributed by atoms with Crippen LogP contribution in [0.1, 0.15) is 23.1 Å². The van der Waals surface area contributed by atoms with E-state index in [0.29, 0.717) is 25.3 Å². The van der Waals surface area contributed by atoms with E-state index in [1.807, 2.05) is 0 Å². The third-order valence-electron chi connectivity index (χ3n) is 2.23. The third-order valence-corrected chi connectivity index (χ3v) is 3.11. The van der Waals surface area contributed by atoms with E-state index in [9.17, 15) is 4.79 Å². The highest BCUT2D eigenvalue weighted by Gasteiger charge is 2.18. The molecule has 0 aromatic carbocycles. The zero-order chi connectivity index (χ0) is 12.7. The fourth-order valence-electron chi connectivity index (χ4n) is 1.42. The third kappa shape index (κ3) is 4.01. The molecule has 0 bridgehead atoms. The van der Waals surface area contributed by atoms with Crippen molar-refractivity contribution in [2.45, 2.75) is 19.9 Å². The molecule has 96 valence electrons. The van der Waals surface area contributed by atoms with Crippen LogP contribution in [0.25, 0.3) is 0 Å². The number of aromatic nitrogens is 3. The number of ether oxygens (including phenoxy) is 1. The number of hydrogen-bond donors (Lipinski definition) is 1. The molecule has 0 aliphatic carbocycles. The van der Waals surface area contributed by atoms with Gasteiger partial charge >= 0.3 is 5.97 Å². The van der Waals surface area contributed by atoms with Crippen LogP contribution in [-0.2, 0) is 17.7 Å². The monoisotopic (exact) mass is 259 g/mol. The zero-order valence-electron chi connectivity index (χ0n) is 10.0. The van der Waals surface area contributed by atoms with E-state index in [2.05, 4.69) is 17.2 Å². The van der Waals surface area contributed by atoms with Crippen LogP contribution < -0.4 is 0 Å². The lowest BCUT2D eigenvalue weighted by Crippen LogP contribution is -2.12. The zero-order valence-corrected chi connectivity index (χ0v) is 10.9. The fraction of sp³-hybridized carbons (Fsp3) is 0.700. The van der Waals surface area contributed by atoms with Crippen LogP contribution in [0.15, 0.2) is 0 Å². The van der Waals surface area contributed by atoms with Gasteiger partial charge in [-0.3, -0.25) is 0 Å². The number of rotatable bonds is 8. The van der Waals surface area contributed by atoms with Gasteiger partial charge in [0, 0.05) is 19.3 Å². The second-order valence-electron chi connectivity index (χ2n) is 3.35. The van der Waals surface area contributed by atoms with E-state index in [4.69, 9.17) is 9.84 Å². The van der Waals surface area contributed by atoms with Crippen molar-refractivity contribution in [2.75, 3.05) is 25.2 Å². The van der Waals surface area contributed by atoms with Crippen molar-refractivity contribution < 1.29 is 14.6 Å². The van der Waals surface area contributed by atoms with Gasteiger partial charge in [0.2, 0.25) is 0 Å². The Morgan fingerprint density at radius 2 is 2.35 bits per heavy atom. The summed E-state index contributed by atoms with van der Waals surface area (Å²) in [6.07, 6.45) is 0.516. The Balaban J connectivity index is 2.76. The number of aryl methyl sites for hydroxylation is 1. The minimum absolute atomic E-state index is 0.0311. The molecule has 1 rings (SSSR count). The number of carboxylic acids is 1. The van der Waals surface area contributed by atoms with Crippen LogP contribution in [0.5, 0.6) is 0 Å². The summed E-state index contributed by atoms with van der Waals surface area (Å²) in [5.74, 6) is 0.901. The lowest BCUT2D eigenvalue weighted by atomic mass is 10.2. The molecule has 1 aromatic rings. The topological polar surface area (TPSA) is 77.2 Å². The molecule has 1 N–H and O–H groups in total. The first-order chi connectivity index (χ1) is 8.20. The van der Waals surface area contributed by atoms with Crippen LogP contribution in [0.2, 0.25) is 0 Å². The molecule has 0 aliphatic rings. The van der Waals surface area contributed by atoms with Crippen molar-refractivity contribution in [3.05, 3.63) is 11.4 Å². The Morgan fingerprint density at radius 3 is 2.94 bits per heavy atom. The molecule has 0 unspecified atom stereocenters. The van der Waals surface area contributed by atoms with Gasteiger partial charge < -0.3 is 9.84 Å². The summed E-state index contributed by atoms with van der Waals surface area (Å²) in [7, 11) is 1.58.